The van der Waals surface area contributed by atoms with Crippen LogP contribution in [0.5, 0.6) is 0 Å². The number of halogens is 1. The fourth-order valence-electron chi connectivity index (χ4n) is 3.79. The van der Waals surface area contributed by atoms with E-state index in [9.17, 15) is 9.59 Å². The minimum Gasteiger partial charge on any atom is -0.352 e. The van der Waals surface area contributed by atoms with Crippen molar-refractivity contribution in [1.82, 2.24) is 25.3 Å². The molecule has 0 spiro atoms. The lowest BCUT2D eigenvalue weighted by atomic mass is 9.95. The number of amides is 2. The number of carbonyl (C=O) groups is 2. The van der Waals surface area contributed by atoms with Crippen LogP contribution in [-0.4, -0.2) is 58.7 Å². The van der Waals surface area contributed by atoms with Gasteiger partial charge in [-0.1, -0.05) is 19.3 Å². The number of piperidine rings is 1. The van der Waals surface area contributed by atoms with Gasteiger partial charge in [0.15, 0.2) is 0 Å². The first-order valence-corrected chi connectivity index (χ1v) is 9.43. The van der Waals surface area contributed by atoms with E-state index >= 15 is 0 Å². The van der Waals surface area contributed by atoms with Crippen molar-refractivity contribution in [2.75, 3.05) is 20.1 Å². The van der Waals surface area contributed by atoms with Crippen LogP contribution in [0.3, 0.4) is 0 Å². The minimum atomic E-state index is -0.0271. The lowest BCUT2D eigenvalue weighted by Gasteiger charge is -2.31. The van der Waals surface area contributed by atoms with Crippen LogP contribution in [0.4, 0.5) is 0 Å². The van der Waals surface area contributed by atoms with E-state index in [1.54, 1.807) is 17.1 Å². The number of hydrogen-bond acceptors (Lipinski definition) is 4. The molecule has 2 heterocycles. The summed E-state index contributed by atoms with van der Waals surface area (Å²) in [5.74, 6) is -0.0495. The Morgan fingerprint density at radius 3 is 2.62 bits per heavy atom. The highest BCUT2D eigenvalue weighted by atomic mass is 35.5. The summed E-state index contributed by atoms with van der Waals surface area (Å²) in [5.41, 5.74) is 0.548. The maximum absolute atomic E-state index is 12.6. The van der Waals surface area contributed by atoms with E-state index in [0.717, 1.165) is 38.8 Å². The van der Waals surface area contributed by atoms with Crippen LogP contribution >= 0.6 is 12.4 Å². The van der Waals surface area contributed by atoms with Crippen LogP contribution in [-0.2, 0) is 11.3 Å². The molecule has 1 saturated carbocycles. The summed E-state index contributed by atoms with van der Waals surface area (Å²) >= 11 is 0. The van der Waals surface area contributed by atoms with Crippen molar-refractivity contribution in [3.05, 3.63) is 18.0 Å². The number of rotatable bonds is 5. The van der Waals surface area contributed by atoms with Gasteiger partial charge < -0.3 is 15.5 Å². The highest BCUT2D eigenvalue weighted by Crippen LogP contribution is 2.17. The van der Waals surface area contributed by atoms with E-state index < -0.39 is 0 Å². The fourth-order valence-corrected chi connectivity index (χ4v) is 3.79. The van der Waals surface area contributed by atoms with Crippen LogP contribution in [0, 0.1) is 0 Å². The predicted molar refractivity (Wildman–Crippen MR) is 102 cm³/mol. The largest absolute Gasteiger partial charge is 0.352 e. The second-order valence-electron chi connectivity index (χ2n) is 7.23. The normalized spacial score (nSPS) is 18.8. The van der Waals surface area contributed by atoms with Gasteiger partial charge in [0.25, 0.3) is 5.91 Å². The van der Waals surface area contributed by atoms with Crippen LogP contribution in [0.2, 0.25) is 0 Å². The first kappa shape index (κ1) is 20.7. The molecule has 1 aromatic heterocycles. The van der Waals surface area contributed by atoms with Crippen molar-refractivity contribution in [1.29, 1.82) is 0 Å². The minimum absolute atomic E-state index is 0. The number of nitrogens with one attached hydrogen (secondary N) is 2. The number of hydrogen-bond donors (Lipinski definition) is 2. The van der Waals surface area contributed by atoms with Gasteiger partial charge in [0.2, 0.25) is 5.91 Å². The van der Waals surface area contributed by atoms with Gasteiger partial charge in [-0.2, -0.15) is 5.10 Å². The summed E-state index contributed by atoms with van der Waals surface area (Å²) in [6.07, 6.45) is 11.0. The number of nitrogens with zero attached hydrogens (tertiary/aromatic N) is 3. The topological polar surface area (TPSA) is 79.3 Å². The first-order chi connectivity index (χ1) is 12.1. The third-order valence-corrected chi connectivity index (χ3v) is 5.33. The molecule has 0 unspecified atom stereocenters. The second-order valence-corrected chi connectivity index (χ2v) is 7.23. The third kappa shape index (κ3) is 5.45. The molecule has 8 heteroatoms. The zero-order chi connectivity index (χ0) is 17.6. The molecule has 7 nitrogen and oxygen atoms in total. The monoisotopic (exact) mass is 383 g/mol. The van der Waals surface area contributed by atoms with E-state index in [2.05, 4.69) is 15.7 Å². The molecule has 1 saturated heterocycles. The molecular formula is C18H30ClN5O2. The zero-order valence-corrected chi connectivity index (χ0v) is 16.3. The van der Waals surface area contributed by atoms with E-state index in [4.69, 9.17) is 0 Å². The van der Waals surface area contributed by atoms with Crippen molar-refractivity contribution in [3.8, 4) is 0 Å². The van der Waals surface area contributed by atoms with Gasteiger partial charge in [-0.15, -0.1) is 12.4 Å². The highest BCUT2D eigenvalue weighted by molar-refractivity contribution is 5.93. The molecule has 26 heavy (non-hydrogen) atoms. The molecule has 0 bridgehead atoms. The quantitative estimate of drug-likeness (QED) is 0.809. The molecule has 3 rings (SSSR count). The summed E-state index contributed by atoms with van der Waals surface area (Å²) in [7, 11) is 1.85. The van der Waals surface area contributed by atoms with Gasteiger partial charge in [0.1, 0.15) is 6.54 Å². The predicted octanol–water partition coefficient (Wildman–Crippen LogP) is 1.58. The average Bonchev–Trinajstić information content (AvgIpc) is 3.10. The Kier molecular flexibility index (Phi) is 7.90. The zero-order valence-electron chi connectivity index (χ0n) is 15.4. The van der Waals surface area contributed by atoms with Crippen molar-refractivity contribution in [3.63, 3.8) is 0 Å². The maximum atomic E-state index is 12.6. The molecule has 1 aliphatic carbocycles. The molecule has 1 aliphatic heterocycles. The summed E-state index contributed by atoms with van der Waals surface area (Å²) in [4.78, 5) is 26.6. The Morgan fingerprint density at radius 1 is 1.23 bits per heavy atom. The number of aromatic nitrogens is 2. The Balaban J connectivity index is 0.00000243. The molecule has 146 valence electrons. The van der Waals surface area contributed by atoms with Gasteiger partial charge >= 0.3 is 0 Å². The van der Waals surface area contributed by atoms with E-state index in [-0.39, 0.29) is 36.8 Å². The van der Waals surface area contributed by atoms with E-state index in [1.165, 1.54) is 19.3 Å². The highest BCUT2D eigenvalue weighted by Gasteiger charge is 2.24. The van der Waals surface area contributed by atoms with Gasteiger partial charge in [-0.05, 0) is 38.8 Å². The average molecular weight is 384 g/mol. The first-order valence-electron chi connectivity index (χ1n) is 9.43. The van der Waals surface area contributed by atoms with Gasteiger partial charge in [0.05, 0.1) is 11.8 Å². The van der Waals surface area contributed by atoms with Gasteiger partial charge in [-0.3, -0.25) is 14.3 Å². The fraction of sp³-hybridized carbons (Fsp3) is 0.722. The van der Waals surface area contributed by atoms with Crippen molar-refractivity contribution < 1.29 is 9.59 Å². The molecule has 2 N–H and O–H groups in total. The van der Waals surface area contributed by atoms with E-state index in [1.807, 2.05) is 11.9 Å². The Bertz CT molecular complexity index is 594. The van der Waals surface area contributed by atoms with Crippen LogP contribution in [0.25, 0.3) is 0 Å². The molecule has 0 radical (unpaired) electrons. The van der Waals surface area contributed by atoms with Crippen LogP contribution in [0.15, 0.2) is 12.4 Å². The molecular weight excluding hydrogens is 354 g/mol. The SMILES string of the molecule is CN(C(=O)c1cnn(CC(=O)NC2CCCCC2)c1)C1CCNCC1.Cl. The standard InChI is InChI=1S/C18H29N5O2.ClH/c1-22(16-7-9-19-10-8-16)18(25)14-11-20-23(12-14)13-17(24)21-15-5-3-2-4-6-15;/h11-12,15-16,19H,2-10,13H2,1H3,(H,21,24);1H. The van der Waals surface area contributed by atoms with Gasteiger partial charge in [-0.25, -0.2) is 0 Å². The summed E-state index contributed by atoms with van der Waals surface area (Å²) in [5, 5.41) is 10.6. The Labute approximate surface area is 161 Å². The lowest BCUT2D eigenvalue weighted by Crippen LogP contribution is -2.43. The molecule has 0 aromatic carbocycles. The third-order valence-electron chi connectivity index (χ3n) is 5.33. The van der Waals surface area contributed by atoms with Crippen LogP contribution < -0.4 is 10.6 Å². The molecule has 1 aromatic rings. The van der Waals surface area contributed by atoms with Gasteiger partial charge in [0, 0.05) is 25.3 Å². The smallest absolute Gasteiger partial charge is 0.257 e. The molecule has 2 fully saturated rings. The summed E-state index contributed by atoms with van der Waals surface area (Å²) < 4.78 is 1.56. The van der Waals surface area contributed by atoms with E-state index in [0.29, 0.717) is 11.6 Å². The van der Waals surface area contributed by atoms with Crippen LogP contribution in [0.1, 0.15) is 55.3 Å². The maximum Gasteiger partial charge on any atom is 0.257 e. The lowest BCUT2D eigenvalue weighted by molar-refractivity contribution is -0.122. The Hall–Kier alpha value is -1.60. The van der Waals surface area contributed by atoms with Crippen molar-refractivity contribution in [2.45, 2.75) is 63.6 Å². The van der Waals surface area contributed by atoms with Crippen molar-refractivity contribution in [2.24, 2.45) is 0 Å². The summed E-state index contributed by atoms with van der Waals surface area (Å²) in [6.45, 7) is 2.06. The van der Waals surface area contributed by atoms with Crippen molar-refractivity contribution >= 4 is 24.2 Å². The summed E-state index contributed by atoms with van der Waals surface area (Å²) in [6, 6.07) is 0.565. The number of carbonyl (C=O) groups excluding carboxylic acids is 2. The Morgan fingerprint density at radius 2 is 1.92 bits per heavy atom. The second kappa shape index (κ2) is 9.92. The molecule has 0 atom stereocenters. The molecule has 2 aliphatic rings. The molecule has 2 amide bonds.